The highest BCUT2D eigenvalue weighted by molar-refractivity contribution is 5.87. The second kappa shape index (κ2) is 4.62. The van der Waals surface area contributed by atoms with E-state index < -0.39 is 5.54 Å². The number of amides is 1. The van der Waals surface area contributed by atoms with Crippen LogP contribution in [0.5, 0.6) is 0 Å². The molecule has 2 aliphatic rings. The van der Waals surface area contributed by atoms with E-state index in [4.69, 9.17) is 10.5 Å². The molecular formula is C15H20N2O2. The van der Waals surface area contributed by atoms with E-state index in [1.807, 2.05) is 30.3 Å². The maximum atomic E-state index is 12.4. The molecule has 102 valence electrons. The lowest BCUT2D eigenvalue weighted by Gasteiger charge is -2.28. The number of hydrogen-bond acceptors (Lipinski definition) is 3. The van der Waals surface area contributed by atoms with Crippen molar-refractivity contribution in [2.24, 2.45) is 5.73 Å². The predicted octanol–water partition coefficient (Wildman–Crippen LogP) is 1.30. The molecule has 4 nitrogen and oxygen atoms in total. The van der Waals surface area contributed by atoms with Gasteiger partial charge in [0.05, 0.1) is 18.2 Å². The van der Waals surface area contributed by atoms with Gasteiger partial charge in [0.15, 0.2) is 0 Å². The molecular weight excluding hydrogens is 240 g/mol. The molecule has 19 heavy (non-hydrogen) atoms. The van der Waals surface area contributed by atoms with Crippen molar-refractivity contribution >= 4 is 5.91 Å². The largest absolute Gasteiger partial charge is 0.373 e. The Morgan fingerprint density at radius 1 is 1.37 bits per heavy atom. The summed E-state index contributed by atoms with van der Waals surface area (Å²) in [5.41, 5.74) is 6.04. The van der Waals surface area contributed by atoms with E-state index in [1.165, 1.54) is 0 Å². The number of benzene rings is 1. The van der Waals surface area contributed by atoms with E-state index in [0.717, 1.165) is 24.8 Å². The topological polar surface area (TPSA) is 64.4 Å². The molecule has 0 radical (unpaired) electrons. The number of fused-ring (bicyclic) bond motifs is 2. The molecule has 3 N–H and O–H groups in total. The molecule has 4 unspecified atom stereocenters. The van der Waals surface area contributed by atoms with Gasteiger partial charge in [0.1, 0.15) is 5.54 Å². The van der Waals surface area contributed by atoms with E-state index in [2.05, 4.69) is 5.32 Å². The number of ether oxygens (including phenoxy) is 1. The molecule has 4 heteroatoms. The maximum Gasteiger partial charge on any atom is 0.244 e. The zero-order valence-electron chi connectivity index (χ0n) is 11.1. The Labute approximate surface area is 113 Å². The van der Waals surface area contributed by atoms with Crippen LogP contribution in [-0.2, 0) is 15.1 Å². The van der Waals surface area contributed by atoms with E-state index >= 15 is 0 Å². The van der Waals surface area contributed by atoms with Gasteiger partial charge in [0, 0.05) is 0 Å². The van der Waals surface area contributed by atoms with E-state index in [1.54, 1.807) is 6.92 Å². The molecule has 4 atom stereocenters. The highest BCUT2D eigenvalue weighted by Gasteiger charge is 2.43. The smallest absolute Gasteiger partial charge is 0.244 e. The quantitative estimate of drug-likeness (QED) is 0.861. The number of carbonyl (C=O) groups excluding carboxylic acids is 1. The summed E-state index contributed by atoms with van der Waals surface area (Å²) in [5, 5.41) is 3.06. The SMILES string of the molecule is CC(N)(C(=O)NC1CC2CCC1O2)c1ccccc1. The van der Waals surface area contributed by atoms with Gasteiger partial charge in [0.2, 0.25) is 5.91 Å². The monoisotopic (exact) mass is 260 g/mol. The molecule has 1 amide bonds. The lowest BCUT2D eigenvalue weighted by molar-refractivity contribution is -0.127. The van der Waals surface area contributed by atoms with Crippen LogP contribution in [-0.4, -0.2) is 24.2 Å². The van der Waals surface area contributed by atoms with Crippen molar-refractivity contribution in [1.29, 1.82) is 0 Å². The summed E-state index contributed by atoms with van der Waals surface area (Å²) in [6.45, 7) is 1.76. The minimum atomic E-state index is -0.997. The Kier molecular flexibility index (Phi) is 3.07. The Bertz CT molecular complexity index is 472. The molecule has 0 spiro atoms. The van der Waals surface area contributed by atoms with E-state index in [9.17, 15) is 4.79 Å². The fourth-order valence-corrected chi connectivity index (χ4v) is 3.02. The zero-order chi connectivity index (χ0) is 13.5. The highest BCUT2D eigenvalue weighted by Crippen LogP contribution is 2.34. The lowest BCUT2D eigenvalue weighted by atomic mass is 9.90. The van der Waals surface area contributed by atoms with Crippen molar-refractivity contribution in [3.63, 3.8) is 0 Å². The van der Waals surface area contributed by atoms with Gasteiger partial charge < -0.3 is 15.8 Å². The normalized spacial score (nSPS) is 32.0. The van der Waals surface area contributed by atoms with Gasteiger partial charge in [-0.3, -0.25) is 4.79 Å². The molecule has 2 fully saturated rings. The number of carbonyl (C=O) groups is 1. The fraction of sp³-hybridized carbons (Fsp3) is 0.533. The first kappa shape index (κ1) is 12.6. The number of nitrogens with one attached hydrogen (secondary N) is 1. The molecule has 3 rings (SSSR count). The van der Waals surface area contributed by atoms with E-state index in [0.29, 0.717) is 6.10 Å². The van der Waals surface area contributed by atoms with Crippen LogP contribution in [0, 0.1) is 0 Å². The fourth-order valence-electron chi connectivity index (χ4n) is 3.02. The summed E-state index contributed by atoms with van der Waals surface area (Å²) in [4.78, 5) is 12.4. The average molecular weight is 260 g/mol. The molecule has 2 aliphatic heterocycles. The third-order valence-corrected chi connectivity index (χ3v) is 4.27. The summed E-state index contributed by atoms with van der Waals surface area (Å²) in [5.74, 6) is -0.125. The summed E-state index contributed by atoms with van der Waals surface area (Å²) >= 11 is 0. The Hall–Kier alpha value is -1.39. The summed E-state index contributed by atoms with van der Waals surface area (Å²) in [7, 11) is 0. The van der Waals surface area contributed by atoms with Gasteiger partial charge in [-0.25, -0.2) is 0 Å². The third-order valence-electron chi connectivity index (χ3n) is 4.27. The first-order chi connectivity index (χ1) is 9.07. The molecule has 1 aromatic rings. The van der Waals surface area contributed by atoms with Crippen LogP contribution in [0.25, 0.3) is 0 Å². The first-order valence-corrected chi connectivity index (χ1v) is 6.88. The Morgan fingerprint density at radius 2 is 2.11 bits per heavy atom. The minimum absolute atomic E-state index is 0.123. The molecule has 2 bridgehead atoms. The van der Waals surface area contributed by atoms with Crippen molar-refractivity contribution in [3.05, 3.63) is 35.9 Å². The predicted molar refractivity (Wildman–Crippen MR) is 72.4 cm³/mol. The summed E-state index contributed by atoms with van der Waals surface area (Å²) < 4.78 is 5.75. The zero-order valence-corrected chi connectivity index (χ0v) is 11.1. The average Bonchev–Trinajstić information content (AvgIpc) is 3.02. The summed E-state index contributed by atoms with van der Waals surface area (Å²) in [6, 6.07) is 9.61. The summed E-state index contributed by atoms with van der Waals surface area (Å²) in [6.07, 6.45) is 3.59. The molecule has 2 saturated heterocycles. The van der Waals surface area contributed by atoms with Crippen molar-refractivity contribution in [2.45, 2.75) is 50.0 Å². The Balaban J connectivity index is 1.70. The van der Waals surface area contributed by atoms with E-state index in [-0.39, 0.29) is 18.1 Å². The van der Waals surface area contributed by atoms with Gasteiger partial charge in [-0.2, -0.15) is 0 Å². The van der Waals surface area contributed by atoms with Crippen LogP contribution in [0.3, 0.4) is 0 Å². The highest BCUT2D eigenvalue weighted by atomic mass is 16.5. The second-order valence-electron chi connectivity index (χ2n) is 5.76. The van der Waals surface area contributed by atoms with Crippen molar-refractivity contribution < 1.29 is 9.53 Å². The van der Waals surface area contributed by atoms with Crippen molar-refractivity contribution in [3.8, 4) is 0 Å². The number of rotatable bonds is 3. The Morgan fingerprint density at radius 3 is 2.68 bits per heavy atom. The molecule has 2 heterocycles. The van der Waals surface area contributed by atoms with Crippen LogP contribution < -0.4 is 11.1 Å². The van der Waals surface area contributed by atoms with Gasteiger partial charge >= 0.3 is 0 Å². The molecule has 0 saturated carbocycles. The van der Waals surface area contributed by atoms with Crippen LogP contribution in [0.15, 0.2) is 30.3 Å². The third kappa shape index (κ3) is 2.26. The van der Waals surface area contributed by atoms with Crippen molar-refractivity contribution in [1.82, 2.24) is 5.32 Å². The first-order valence-electron chi connectivity index (χ1n) is 6.88. The maximum absolute atomic E-state index is 12.4. The minimum Gasteiger partial charge on any atom is -0.373 e. The second-order valence-corrected chi connectivity index (χ2v) is 5.76. The van der Waals surface area contributed by atoms with Gasteiger partial charge in [0.25, 0.3) is 0 Å². The lowest BCUT2D eigenvalue weighted by Crippen LogP contribution is -2.53. The number of hydrogen-bond donors (Lipinski definition) is 2. The van der Waals surface area contributed by atoms with Crippen LogP contribution in [0.4, 0.5) is 0 Å². The van der Waals surface area contributed by atoms with Crippen LogP contribution >= 0.6 is 0 Å². The number of nitrogens with two attached hydrogens (primary N) is 1. The van der Waals surface area contributed by atoms with Gasteiger partial charge in [-0.15, -0.1) is 0 Å². The van der Waals surface area contributed by atoms with Gasteiger partial charge in [-0.1, -0.05) is 30.3 Å². The van der Waals surface area contributed by atoms with Gasteiger partial charge in [-0.05, 0) is 31.7 Å². The van der Waals surface area contributed by atoms with Crippen molar-refractivity contribution in [2.75, 3.05) is 0 Å². The van der Waals surface area contributed by atoms with Crippen LogP contribution in [0.1, 0.15) is 31.7 Å². The molecule has 0 aliphatic carbocycles. The van der Waals surface area contributed by atoms with Crippen LogP contribution in [0.2, 0.25) is 0 Å². The molecule has 0 aromatic heterocycles. The molecule has 1 aromatic carbocycles. The standard InChI is InChI=1S/C15H20N2O2/c1-15(16,10-5-3-2-4-6-10)14(18)17-12-9-11-7-8-13(12)19-11/h2-6,11-13H,7-9,16H2,1H3,(H,17,18).